The highest BCUT2D eigenvalue weighted by atomic mass is 32.2. The van der Waals surface area contributed by atoms with Crippen molar-refractivity contribution in [3.05, 3.63) is 29.8 Å². The van der Waals surface area contributed by atoms with Gasteiger partial charge in [-0.3, -0.25) is 11.3 Å². The van der Waals surface area contributed by atoms with Crippen LogP contribution < -0.4 is 11.3 Å². The number of hydrogen-bond donors (Lipinski definition) is 2. The monoisotopic (exact) mass is 276 g/mol. The highest BCUT2D eigenvalue weighted by molar-refractivity contribution is 7.99. The fourth-order valence-corrected chi connectivity index (χ4v) is 5.15. The topological polar surface area (TPSA) is 38.0 Å². The average Bonchev–Trinajstić information content (AvgIpc) is 3.04. The molecule has 0 spiro atoms. The normalized spacial score (nSPS) is 30.7. The largest absolute Gasteiger partial charge is 0.271 e. The van der Waals surface area contributed by atoms with E-state index in [-0.39, 0.29) is 0 Å². The van der Waals surface area contributed by atoms with E-state index in [0.717, 1.165) is 23.5 Å². The third-order valence-electron chi connectivity index (χ3n) is 5.04. The van der Waals surface area contributed by atoms with Crippen molar-refractivity contribution in [1.29, 1.82) is 0 Å². The first-order valence-electron chi connectivity index (χ1n) is 7.42. The molecule has 0 saturated heterocycles. The van der Waals surface area contributed by atoms with Crippen LogP contribution >= 0.6 is 11.8 Å². The first-order chi connectivity index (χ1) is 9.28. The highest BCUT2D eigenvalue weighted by Gasteiger charge is 2.42. The van der Waals surface area contributed by atoms with Crippen molar-refractivity contribution in [1.82, 2.24) is 5.43 Å². The molecule has 4 unspecified atom stereocenters. The molecule has 2 aliphatic carbocycles. The van der Waals surface area contributed by atoms with Crippen molar-refractivity contribution in [3.63, 3.8) is 0 Å². The minimum Gasteiger partial charge on any atom is -0.271 e. The highest BCUT2D eigenvalue weighted by Crippen LogP contribution is 2.49. The molecule has 2 nitrogen and oxygen atoms in total. The van der Waals surface area contributed by atoms with E-state index in [1.54, 1.807) is 0 Å². The lowest BCUT2D eigenvalue weighted by atomic mass is 9.84. The molecule has 0 aromatic heterocycles. The second-order valence-corrected chi connectivity index (χ2v) is 7.25. The Morgan fingerprint density at radius 3 is 2.79 bits per heavy atom. The van der Waals surface area contributed by atoms with Gasteiger partial charge in [-0.2, -0.15) is 0 Å². The number of thioether (sulfide) groups is 1. The van der Waals surface area contributed by atoms with Crippen LogP contribution in [0.15, 0.2) is 29.2 Å². The van der Waals surface area contributed by atoms with Crippen LogP contribution in [0.4, 0.5) is 0 Å². The molecule has 3 heteroatoms. The zero-order valence-electron chi connectivity index (χ0n) is 11.6. The number of nitrogens with two attached hydrogens (primary N) is 1. The maximum Gasteiger partial charge on any atom is 0.0335 e. The number of benzene rings is 1. The second kappa shape index (κ2) is 5.86. The zero-order valence-corrected chi connectivity index (χ0v) is 12.5. The van der Waals surface area contributed by atoms with E-state index in [4.69, 9.17) is 5.84 Å². The summed E-state index contributed by atoms with van der Waals surface area (Å²) in [4.78, 5) is 1.39. The molecule has 2 saturated carbocycles. The summed E-state index contributed by atoms with van der Waals surface area (Å²) < 4.78 is 0. The molecular formula is C16H24N2S. The lowest BCUT2D eigenvalue weighted by Crippen LogP contribution is -2.44. The molecule has 0 aliphatic heterocycles. The van der Waals surface area contributed by atoms with Gasteiger partial charge in [-0.05, 0) is 55.6 Å². The minimum atomic E-state index is 0.472. The van der Waals surface area contributed by atoms with E-state index in [1.807, 2.05) is 11.8 Å². The van der Waals surface area contributed by atoms with Crippen molar-refractivity contribution >= 4 is 11.8 Å². The lowest BCUT2D eigenvalue weighted by molar-refractivity contribution is 0.265. The molecule has 1 aromatic rings. The van der Waals surface area contributed by atoms with Gasteiger partial charge in [0.2, 0.25) is 0 Å². The van der Waals surface area contributed by atoms with Crippen LogP contribution in [0.1, 0.15) is 31.2 Å². The van der Waals surface area contributed by atoms with E-state index in [2.05, 4.69) is 36.6 Å². The molecule has 2 aliphatic rings. The van der Waals surface area contributed by atoms with Crippen LogP contribution in [-0.2, 0) is 0 Å². The fraction of sp³-hybridized carbons (Fsp3) is 0.625. The summed E-state index contributed by atoms with van der Waals surface area (Å²) in [5.74, 6) is 9.65. The van der Waals surface area contributed by atoms with E-state index < -0.39 is 0 Å². The third kappa shape index (κ3) is 2.83. The van der Waals surface area contributed by atoms with Crippen molar-refractivity contribution in [2.75, 3.05) is 5.75 Å². The van der Waals surface area contributed by atoms with Crippen molar-refractivity contribution < 1.29 is 0 Å². The molecule has 1 aromatic carbocycles. The summed E-state index contributed by atoms with van der Waals surface area (Å²) in [6.07, 6.45) is 5.75. The Morgan fingerprint density at radius 1 is 1.32 bits per heavy atom. The summed E-state index contributed by atoms with van der Waals surface area (Å²) in [6.45, 7) is 2.19. The smallest absolute Gasteiger partial charge is 0.0335 e. The summed E-state index contributed by atoms with van der Waals surface area (Å²) in [6, 6.07) is 9.10. The van der Waals surface area contributed by atoms with Crippen molar-refractivity contribution in [2.45, 2.75) is 43.5 Å². The van der Waals surface area contributed by atoms with E-state index >= 15 is 0 Å². The van der Waals surface area contributed by atoms with Crippen LogP contribution in [0.3, 0.4) is 0 Å². The molecule has 0 radical (unpaired) electrons. The summed E-state index contributed by atoms with van der Waals surface area (Å²) in [5.41, 5.74) is 4.47. The van der Waals surface area contributed by atoms with Crippen molar-refractivity contribution in [3.8, 4) is 0 Å². The minimum absolute atomic E-state index is 0.472. The Hall–Kier alpha value is -0.510. The molecule has 0 amide bonds. The first kappa shape index (κ1) is 13.5. The average molecular weight is 276 g/mol. The van der Waals surface area contributed by atoms with E-state index in [9.17, 15) is 0 Å². The van der Waals surface area contributed by atoms with Gasteiger partial charge in [-0.25, -0.2) is 0 Å². The Balaban J connectivity index is 1.60. The first-order valence-corrected chi connectivity index (χ1v) is 8.41. The lowest BCUT2D eigenvalue weighted by Gasteiger charge is -2.29. The van der Waals surface area contributed by atoms with Gasteiger partial charge in [-0.15, -0.1) is 11.8 Å². The van der Waals surface area contributed by atoms with Gasteiger partial charge in [0.15, 0.2) is 0 Å². The van der Waals surface area contributed by atoms with Crippen LogP contribution in [0.5, 0.6) is 0 Å². The van der Waals surface area contributed by atoms with Crippen LogP contribution in [-0.4, -0.2) is 11.8 Å². The molecule has 19 heavy (non-hydrogen) atoms. The second-order valence-electron chi connectivity index (χ2n) is 6.19. The number of aryl methyl sites for hydroxylation is 1. The molecule has 2 bridgehead atoms. The summed E-state index contributed by atoms with van der Waals surface area (Å²) >= 11 is 1.95. The number of fused-ring (bicyclic) bond motifs is 2. The van der Waals surface area contributed by atoms with E-state index in [1.165, 1.54) is 36.1 Å². The van der Waals surface area contributed by atoms with Crippen molar-refractivity contribution in [2.24, 2.45) is 23.6 Å². The summed E-state index contributed by atoms with van der Waals surface area (Å²) in [5, 5.41) is 0. The third-order valence-corrected chi connectivity index (χ3v) is 6.33. The maximum atomic E-state index is 5.82. The van der Waals surface area contributed by atoms with Gasteiger partial charge in [0.05, 0.1) is 0 Å². The van der Waals surface area contributed by atoms with Gasteiger partial charge in [0.25, 0.3) is 0 Å². The number of hydrazine groups is 1. The molecule has 104 valence electrons. The molecule has 3 N–H and O–H groups in total. The van der Waals surface area contributed by atoms with Gasteiger partial charge in [-0.1, -0.05) is 24.6 Å². The molecule has 0 heterocycles. The fourth-order valence-electron chi connectivity index (χ4n) is 3.98. The molecule has 2 fully saturated rings. The Morgan fingerprint density at radius 2 is 2.16 bits per heavy atom. The Labute approximate surface area is 120 Å². The van der Waals surface area contributed by atoms with Gasteiger partial charge in [0, 0.05) is 16.7 Å². The predicted octanol–water partition coefficient (Wildman–Crippen LogP) is 3.36. The zero-order chi connectivity index (χ0) is 13.2. The number of hydrogen-bond acceptors (Lipinski definition) is 3. The molecule has 3 rings (SSSR count). The Kier molecular flexibility index (Phi) is 4.15. The van der Waals surface area contributed by atoms with Crippen LogP contribution in [0.25, 0.3) is 0 Å². The van der Waals surface area contributed by atoms with E-state index in [0.29, 0.717) is 6.04 Å². The standard InChI is InChI=1S/C16H24N2S/c1-11-4-2-3-5-16(11)19-10-15(18-17)14-9-12-6-7-13(14)8-12/h2-5,12-15,18H,6-10,17H2,1H3. The van der Waals surface area contributed by atoms with Gasteiger partial charge >= 0.3 is 0 Å². The SMILES string of the molecule is Cc1ccccc1SCC(NN)C1CC2CCC1C2. The number of nitrogens with one attached hydrogen (secondary N) is 1. The quantitative estimate of drug-likeness (QED) is 0.492. The predicted molar refractivity (Wildman–Crippen MR) is 82.0 cm³/mol. The molecular weight excluding hydrogens is 252 g/mol. The van der Waals surface area contributed by atoms with Crippen LogP contribution in [0, 0.1) is 24.7 Å². The van der Waals surface area contributed by atoms with Crippen LogP contribution in [0.2, 0.25) is 0 Å². The van der Waals surface area contributed by atoms with Gasteiger partial charge < -0.3 is 0 Å². The number of rotatable bonds is 5. The maximum absolute atomic E-state index is 5.82. The summed E-state index contributed by atoms with van der Waals surface area (Å²) in [7, 11) is 0. The Bertz CT molecular complexity index is 435. The molecule has 4 atom stereocenters. The van der Waals surface area contributed by atoms with Gasteiger partial charge in [0.1, 0.15) is 0 Å².